The molecule has 3 aliphatic heterocycles. The van der Waals surface area contributed by atoms with Gasteiger partial charge in [0.25, 0.3) is 11.7 Å². The third-order valence-electron chi connectivity index (χ3n) is 11.6. The van der Waals surface area contributed by atoms with Gasteiger partial charge in [0.2, 0.25) is 0 Å². The minimum absolute atomic E-state index is 0.00571. The second kappa shape index (κ2) is 16.9. The van der Waals surface area contributed by atoms with Crippen LogP contribution in [0.15, 0.2) is 36.1 Å². The molecule has 5 N–H and O–H groups in total. The molecule has 0 aliphatic carbocycles. The summed E-state index contributed by atoms with van der Waals surface area (Å²) < 4.78 is 29.8. The number of nitrogens with zero attached hydrogens (tertiary/aromatic N) is 2. The number of esters is 1. The van der Waals surface area contributed by atoms with E-state index in [2.05, 4.69) is 5.32 Å². The van der Waals surface area contributed by atoms with E-state index in [-0.39, 0.29) is 50.2 Å². The molecule has 3 aliphatic rings. The van der Waals surface area contributed by atoms with Gasteiger partial charge >= 0.3 is 11.8 Å². The Bertz CT molecular complexity index is 2190. The molecular formula is C42H53N3O12S. The number of carbonyl (C=O) groups is 3. The van der Waals surface area contributed by atoms with Gasteiger partial charge in [0.05, 0.1) is 59.0 Å². The lowest BCUT2D eigenvalue weighted by Gasteiger charge is -2.38. The zero-order chi connectivity index (χ0) is 42.4. The van der Waals surface area contributed by atoms with Crippen molar-refractivity contribution in [3.8, 4) is 17.2 Å². The molecule has 1 amide bonds. The summed E-state index contributed by atoms with van der Waals surface area (Å²) >= 11 is 1.21. The highest BCUT2D eigenvalue weighted by molar-refractivity contribution is 7.23. The number of aromatic nitrogens is 1. The maximum Gasteiger partial charge on any atom is 0.312 e. The number of hydrogen-bond donors (Lipinski definition) is 5. The second-order valence-corrected chi connectivity index (χ2v) is 16.6. The molecule has 1 saturated heterocycles. The van der Waals surface area contributed by atoms with Crippen LogP contribution in [0.4, 0.5) is 10.8 Å². The number of hydrogen-bond acceptors (Lipinski definition) is 15. The van der Waals surface area contributed by atoms with Crippen molar-refractivity contribution in [2.75, 3.05) is 43.6 Å². The number of anilines is 2. The highest BCUT2D eigenvalue weighted by Gasteiger charge is 2.50. The van der Waals surface area contributed by atoms with E-state index in [0.717, 1.165) is 0 Å². The van der Waals surface area contributed by atoms with Gasteiger partial charge in [-0.2, -0.15) is 0 Å². The topological polar surface area (TPSA) is 206 Å². The van der Waals surface area contributed by atoms with Crippen LogP contribution < -0.4 is 15.0 Å². The van der Waals surface area contributed by atoms with E-state index >= 15 is 0 Å². The number of carbonyl (C=O) groups excluding carboxylic acids is 3. The number of allylic oxidation sites excluding steroid dienone is 2. The number of fused-ring (bicyclic) bond motifs is 1. The molecule has 4 bridgehead atoms. The summed E-state index contributed by atoms with van der Waals surface area (Å²) in [7, 11) is 1.46. The predicted octanol–water partition coefficient (Wildman–Crippen LogP) is 5.49. The first kappa shape index (κ1) is 42.9. The van der Waals surface area contributed by atoms with Crippen molar-refractivity contribution in [1.29, 1.82) is 0 Å². The highest BCUT2D eigenvalue weighted by Crippen LogP contribution is 2.55. The van der Waals surface area contributed by atoms with E-state index < -0.39 is 77.3 Å². The van der Waals surface area contributed by atoms with Gasteiger partial charge in [-0.05, 0) is 19.9 Å². The first-order valence-electron chi connectivity index (χ1n) is 19.4. The van der Waals surface area contributed by atoms with Crippen LogP contribution in [0.1, 0.15) is 64.4 Å². The molecule has 1 fully saturated rings. The Labute approximate surface area is 340 Å². The molecule has 9 atom stereocenters. The van der Waals surface area contributed by atoms with E-state index in [9.17, 15) is 34.8 Å². The van der Waals surface area contributed by atoms with Crippen LogP contribution >= 0.6 is 11.3 Å². The normalized spacial score (nSPS) is 32.1. The van der Waals surface area contributed by atoms with Gasteiger partial charge in [-0.15, -0.1) is 0 Å². The van der Waals surface area contributed by atoms with Gasteiger partial charge in [0.15, 0.2) is 10.9 Å². The average Bonchev–Trinajstić information content (AvgIpc) is 3.76. The smallest absolute Gasteiger partial charge is 0.312 e. The number of phenolic OH excluding ortho intramolecular Hbond substituents is 2. The van der Waals surface area contributed by atoms with Gasteiger partial charge in [0.1, 0.15) is 23.3 Å². The van der Waals surface area contributed by atoms with Crippen LogP contribution in [0, 0.1) is 30.6 Å². The molecule has 314 valence electrons. The number of amides is 1. The third kappa shape index (κ3) is 7.75. The Morgan fingerprint density at radius 3 is 2.34 bits per heavy atom. The van der Waals surface area contributed by atoms with Gasteiger partial charge in [-0.25, -0.2) is 4.98 Å². The number of aliphatic hydroxyl groups is 2. The number of aliphatic hydroxyl groups excluding tert-OH is 2. The monoisotopic (exact) mass is 823 g/mol. The predicted molar refractivity (Wildman–Crippen MR) is 218 cm³/mol. The van der Waals surface area contributed by atoms with Crippen molar-refractivity contribution in [3.05, 3.63) is 47.3 Å². The lowest BCUT2D eigenvalue weighted by Crippen LogP contribution is -2.46. The Morgan fingerprint density at radius 2 is 1.69 bits per heavy atom. The van der Waals surface area contributed by atoms with E-state index in [4.69, 9.17) is 28.7 Å². The van der Waals surface area contributed by atoms with E-state index in [1.54, 1.807) is 65.8 Å². The zero-order valence-corrected chi connectivity index (χ0v) is 35.0. The quantitative estimate of drug-likeness (QED) is 0.164. The van der Waals surface area contributed by atoms with Crippen LogP contribution in [0.3, 0.4) is 0 Å². The van der Waals surface area contributed by atoms with Crippen molar-refractivity contribution in [2.45, 2.75) is 85.6 Å². The molecule has 4 heterocycles. The summed E-state index contributed by atoms with van der Waals surface area (Å²) in [5.74, 6) is -6.86. The summed E-state index contributed by atoms with van der Waals surface area (Å²) in [6.07, 6.45) is 3.93. The number of benzene rings is 2. The summed E-state index contributed by atoms with van der Waals surface area (Å²) in [5.41, 5.74) is 0.705. The number of methoxy groups -OCH3 is 1. The number of rotatable bonds is 3. The van der Waals surface area contributed by atoms with E-state index in [0.29, 0.717) is 36.1 Å². The fraction of sp³-hybridized carbons (Fsp3) is 0.524. The minimum atomic E-state index is -1.95. The van der Waals surface area contributed by atoms with E-state index in [1.807, 2.05) is 4.90 Å². The Kier molecular flexibility index (Phi) is 12.5. The highest BCUT2D eigenvalue weighted by atomic mass is 32.1. The molecule has 1 aromatic heterocycles. The SMILES string of the molecule is CO[C@H]1/C=C/O[C@@]2(C)Oc3c(C)c(O)c4c(O)c(c5sc(N6CCOCC6)nc5c4c3C2=O)NC(=O)/C(C)=C\C=C\[C@@H](C)[C@H](O)[C@@H](C)[C@H](O)[C@H](C)[C@@H](OC(C)=O)[C@@H]1C. The van der Waals surface area contributed by atoms with Crippen molar-refractivity contribution in [3.63, 3.8) is 0 Å². The fourth-order valence-electron chi connectivity index (χ4n) is 8.00. The summed E-state index contributed by atoms with van der Waals surface area (Å²) in [6, 6.07) is 0. The van der Waals surface area contributed by atoms with Crippen LogP contribution in [0.5, 0.6) is 17.2 Å². The van der Waals surface area contributed by atoms with Gasteiger partial charge in [0, 0.05) is 74.2 Å². The molecule has 0 saturated carbocycles. The molecule has 16 heteroatoms. The lowest BCUT2D eigenvalue weighted by atomic mass is 9.78. The number of ketones is 1. The number of morpholine rings is 1. The van der Waals surface area contributed by atoms with E-state index in [1.165, 1.54) is 38.6 Å². The number of ether oxygens (including phenoxy) is 5. The molecule has 6 rings (SSSR count). The fourth-order valence-corrected chi connectivity index (χ4v) is 9.13. The molecule has 0 radical (unpaired) electrons. The van der Waals surface area contributed by atoms with Crippen LogP contribution in [-0.4, -0.2) is 107 Å². The number of phenols is 2. The van der Waals surface area contributed by atoms with Crippen molar-refractivity contribution < 1.29 is 58.5 Å². The largest absolute Gasteiger partial charge is 0.507 e. The molecule has 0 unspecified atom stereocenters. The Balaban J connectivity index is 1.54. The van der Waals surface area contributed by atoms with Crippen LogP contribution in [0.25, 0.3) is 21.0 Å². The summed E-state index contributed by atoms with van der Waals surface area (Å²) in [4.78, 5) is 47.7. The van der Waals surface area contributed by atoms with Gasteiger partial charge < -0.3 is 54.3 Å². The number of nitrogens with one attached hydrogen (secondary N) is 1. The van der Waals surface area contributed by atoms with Gasteiger partial charge in [-0.1, -0.05) is 57.3 Å². The minimum Gasteiger partial charge on any atom is -0.507 e. The lowest BCUT2D eigenvalue weighted by molar-refractivity contribution is -0.160. The van der Waals surface area contributed by atoms with Crippen molar-refractivity contribution >= 4 is 60.8 Å². The second-order valence-electron chi connectivity index (χ2n) is 15.6. The molecule has 58 heavy (non-hydrogen) atoms. The van der Waals surface area contributed by atoms with Crippen LogP contribution in [0.2, 0.25) is 0 Å². The molecular weight excluding hydrogens is 771 g/mol. The summed E-state index contributed by atoms with van der Waals surface area (Å²) in [6.45, 7) is 14.8. The van der Waals surface area contributed by atoms with Crippen molar-refractivity contribution in [1.82, 2.24) is 4.98 Å². The molecule has 0 spiro atoms. The first-order chi connectivity index (χ1) is 27.4. The number of Topliss-reactive ketones (excluding diaryl/α,β-unsaturated/α-hetero) is 1. The maximum absolute atomic E-state index is 14.6. The number of aromatic hydroxyl groups is 2. The molecule has 2 aromatic carbocycles. The Hall–Kier alpha value is -4.74. The standard InChI is InChI=1S/C42H53N3O12S/c1-19-11-10-12-20(2)40(52)43-31-35(50)28-27(30-38(31)58-41(44-30)45-14-17-54-18-15-45)29-37(24(6)34(28)49)57-42(8,39(29)51)55-16-13-26(53-9)21(3)36(56-25(7)46)23(5)33(48)22(4)32(19)47/h10-13,16,19,21-23,26,32-33,36,47-50H,14-15,17-18H2,1-9H3,(H,43,52)/b11-10+,16-13+,20-12-/t19-,21-,22-,23+,26+,32+,33+,36+,42+/m1/s1. The third-order valence-corrected chi connectivity index (χ3v) is 12.8. The first-order valence-corrected chi connectivity index (χ1v) is 20.2. The summed E-state index contributed by atoms with van der Waals surface area (Å²) in [5, 5.41) is 50.0. The average molecular weight is 824 g/mol. The Morgan fingerprint density at radius 1 is 1.00 bits per heavy atom. The maximum atomic E-state index is 14.6. The van der Waals surface area contributed by atoms with Crippen molar-refractivity contribution in [2.24, 2.45) is 23.7 Å². The van der Waals surface area contributed by atoms with Crippen LogP contribution in [-0.2, 0) is 28.5 Å². The van der Waals surface area contributed by atoms with Gasteiger partial charge in [-0.3, -0.25) is 14.4 Å². The molecule has 3 aromatic rings. The zero-order valence-electron chi connectivity index (χ0n) is 34.2. The molecule has 15 nitrogen and oxygen atoms in total. The number of thiazole rings is 1.